The van der Waals surface area contributed by atoms with E-state index in [1.807, 2.05) is 42.5 Å². The smallest absolute Gasteiger partial charge is 0.123 e. The lowest BCUT2D eigenvalue weighted by atomic mass is 10.1. The molecule has 31 heavy (non-hydrogen) atoms. The van der Waals surface area contributed by atoms with Gasteiger partial charge in [0.05, 0.1) is 39.1 Å². The van der Waals surface area contributed by atoms with Gasteiger partial charge in [-0.1, -0.05) is 43.8 Å². The van der Waals surface area contributed by atoms with E-state index < -0.39 is 10.8 Å². The van der Waals surface area contributed by atoms with E-state index >= 15 is 0 Å². The van der Waals surface area contributed by atoms with E-state index in [9.17, 15) is 4.21 Å². The Morgan fingerprint density at radius 2 is 1.68 bits per heavy atom. The first-order chi connectivity index (χ1) is 14.5. The lowest BCUT2D eigenvalue weighted by Gasteiger charge is -2.35. The molecular weight excluding hydrogens is 404 g/mol. The molecule has 1 unspecified atom stereocenters. The number of nitrogens with zero attached hydrogens (tertiary/aromatic N) is 2. The molecule has 3 aromatic rings. The number of rotatable bonds is 6. The molecule has 0 amide bonds. The molecular formula is C26H32N2O2S. The fourth-order valence-corrected chi connectivity index (χ4v) is 5.48. The molecule has 1 heterocycles. The van der Waals surface area contributed by atoms with Crippen molar-refractivity contribution in [1.82, 2.24) is 4.90 Å². The van der Waals surface area contributed by atoms with Gasteiger partial charge in [0, 0.05) is 25.2 Å². The van der Waals surface area contributed by atoms with Gasteiger partial charge in [0.25, 0.3) is 0 Å². The topological polar surface area (TPSA) is 32.8 Å². The molecule has 164 valence electrons. The number of aryl methyl sites for hydroxylation is 1. The summed E-state index contributed by atoms with van der Waals surface area (Å²) in [5, 5.41) is 0. The second-order valence-electron chi connectivity index (χ2n) is 7.79. The summed E-state index contributed by atoms with van der Waals surface area (Å²) in [4.78, 5) is 6.44. The molecule has 4 rings (SSSR count). The van der Waals surface area contributed by atoms with Crippen LogP contribution in [0.3, 0.4) is 0 Å². The molecule has 0 saturated carbocycles. The number of hydrogen-bond acceptors (Lipinski definition) is 4. The van der Waals surface area contributed by atoms with Gasteiger partial charge in [0.2, 0.25) is 0 Å². The summed E-state index contributed by atoms with van der Waals surface area (Å²) in [6, 6.07) is 20.3. The molecule has 0 radical (unpaired) electrons. The average molecular weight is 437 g/mol. The molecule has 1 aliphatic rings. The number of para-hydroxylation sites is 2. The summed E-state index contributed by atoms with van der Waals surface area (Å²) in [7, 11) is 2.69. The third kappa shape index (κ3) is 4.39. The molecule has 3 aromatic carbocycles. The number of fused-ring (bicyclic) bond motifs is 2. The minimum atomic E-state index is -1.15. The average Bonchev–Trinajstić information content (AvgIpc) is 2.76. The number of anilines is 2. The Balaban J connectivity index is 0.00000272. The first kappa shape index (κ1) is 23.0. The minimum Gasteiger partial charge on any atom is -0.496 e. The van der Waals surface area contributed by atoms with Crippen molar-refractivity contribution in [1.29, 1.82) is 0 Å². The zero-order valence-corrected chi connectivity index (χ0v) is 18.8. The van der Waals surface area contributed by atoms with Gasteiger partial charge in [-0.15, -0.1) is 0 Å². The summed E-state index contributed by atoms with van der Waals surface area (Å²) in [5.41, 5.74) is 5.73. The molecule has 5 heteroatoms. The maximum Gasteiger partial charge on any atom is 0.123 e. The van der Waals surface area contributed by atoms with Crippen LogP contribution in [-0.2, 0) is 17.3 Å². The zero-order chi connectivity index (χ0) is 21.3. The molecule has 0 fully saturated rings. The Labute approximate surface area is 188 Å². The van der Waals surface area contributed by atoms with E-state index in [1.54, 1.807) is 7.11 Å². The van der Waals surface area contributed by atoms with Crippen LogP contribution in [-0.4, -0.2) is 36.4 Å². The molecule has 0 aliphatic carbocycles. The molecule has 4 nitrogen and oxygen atoms in total. The van der Waals surface area contributed by atoms with E-state index in [1.165, 1.54) is 16.7 Å². The van der Waals surface area contributed by atoms with Gasteiger partial charge in [0.1, 0.15) is 5.75 Å². The van der Waals surface area contributed by atoms with E-state index in [2.05, 4.69) is 48.9 Å². The normalized spacial score (nSPS) is 14.6. The van der Waals surface area contributed by atoms with Crippen LogP contribution in [0.4, 0.5) is 11.4 Å². The Morgan fingerprint density at radius 3 is 2.45 bits per heavy atom. The van der Waals surface area contributed by atoms with Crippen LogP contribution in [0, 0.1) is 13.8 Å². The summed E-state index contributed by atoms with van der Waals surface area (Å²) >= 11 is 0. The van der Waals surface area contributed by atoms with Gasteiger partial charge in [-0.25, -0.2) is 4.21 Å². The van der Waals surface area contributed by atoms with Crippen molar-refractivity contribution in [2.24, 2.45) is 0 Å². The van der Waals surface area contributed by atoms with E-state index in [-0.39, 0.29) is 7.43 Å². The molecule has 0 bridgehead atoms. The maximum atomic E-state index is 13.2. The Kier molecular flexibility index (Phi) is 7.19. The number of ether oxygens (including phenoxy) is 1. The van der Waals surface area contributed by atoms with Crippen LogP contribution < -0.4 is 9.64 Å². The van der Waals surface area contributed by atoms with Crippen LogP contribution in [0.5, 0.6) is 5.75 Å². The highest BCUT2D eigenvalue weighted by Gasteiger charge is 2.29. The lowest BCUT2D eigenvalue weighted by molar-refractivity contribution is 0.324. The molecule has 1 atom stereocenters. The Morgan fingerprint density at radius 1 is 0.968 bits per heavy atom. The zero-order valence-electron chi connectivity index (χ0n) is 18.0. The van der Waals surface area contributed by atoms with Crippen molar-refractivity contribution in [3.05, 3.63) is 77.4 Å². The van der Waals surface area contributed by atoms with Gasteiger partial charge in [0.15, 0.2) is 0 Å². The van der Waals surface area contributed by atoms with Crippen LogP contribution in [0.1, 0.15) is 24.1 Å². The fraction of sp³-hybridized carbons (Fsp3) is 0.308. The van der Waals surface area contributed by atoms with E-state index in [0.29, 0.717) is 0 Å². The van der Waals surface area contributed by atoms with Crippen LogP contribution in [0.15, 0.2) is 70.5 Å². The lowest BCUT2D eigenvalue weighted by Crippen LogP contribution is -2.33. The van der Waals surface area contributed by atoms with Crippen molar-refractivity contribution in [2.75, 3.05) is 32.1 Å². The second-order valence-corrected chi connectivity index (χ2v) is 9.21. The summed E-state index contributed by atoms with van der Waals surface area (Å²) in [6.07, 6.45) is 0. The highest BCUT2D eigenvalue weighted by Crippen LogP contribution is 2.44. The summed E-state index contributed by atoms with van der Waals surface area (Å²) in [5.74, 6) is 0.917. The Bertz CT molecular complexity index is 1100. The molecule has 0 spiro atoms. The Hall–Kier alpha value is -2.63. The first-order valence-electron chi connectivity index (χ1n) is 10.2. The SMILES string of the molecule is C.COc1ccccc1CN(C)CCN1c2ccccc2S(=O)c2ccc(C)c(C)c21. The van der Waals surface area contributed by atoms with Crippen molar-refractivity contribution in [3.63, 3.8) is 0 Å². The molecule has 0 N–H and O–H groups in total. The first-order valence-corrected chi connectivity index (χ1v) is 11.3. The van der Waals surface area contributed by atoms with Gasteiger partial charge in [-0.2, -0.15) is 0 Å². The van der Waals surface area contributed by atoms with Crippen molar-refractivity contribution in [3.8, 4) is 5.75 Å². The highest BCUT2D eigenvalue weighted by molar-refractivity contribution is 7.85. The summed E-state index contributed by atoms with van der Waals surface area (Å²) < 4.78 is 18.7. The van der Waals surface area contributed by atoms with E-state index in [4.69, 9.17) is 4.74 Å². The summed E-state index contributed by atoms with van der Waals surface area (Å²) in [6.45, 7) is 6.74. The third-order valence-corrected chi connectivity index (χ3v) is 7.30. The number of likely N-dealkylation sites (N-methyl/N-ethyl adjacent to an activating group) is 1. The van der Waals surface area contributed by atoms with Gasteiger partial charge in [-0.05, 0) is 56.3 Å². The van der Waals surface area contributed by atoms with Gasteiger partial charge >= 0.3 is 0 Å². The third-order valence-electron chi connectivity index (χ3n) is 5.83. The highest BCUT2D eigenvalue weighted by atomic mass is 32.2. The van der Waals surface area contributed by atoms with E-state index in [0.717, 1.165) is 46.5 Å². The molecule has 0 aromatic heterocycles. The number of benzene rings is 3. The predicted octanol–water partition coefficient (Wildman–Crippen LogP) is 5.70. The van der Waals surface area contributed by atoms with Crippen LogP contribution in [0.25, 0.3) is 0 Å². The standard InChI is InChI=1S/C25H28N2O2S.CH4/c1-18-13-14-24-25(19(18)2)27(21-10-6-8-12-23(21)30(24)28)16-15-26(3)17-20-9-5-7-11-22(20)29-4;/h5-14H,15-17H2,1-4H3;1H4. The molecule has 0 saturated heterocycles. The predicted molar refractivity (Wildman–Crippen MR) is 130 cm³/mol. The van der Waals surface area contributed by atoms with Crippen molar-refractivity contribution in [2.45, 2.75) is 37.6 Å². The van der Waals surface area contributed by atoms with Gasteiger partial charge in [-0.3, -0.25) is 0 Å². The van der Waals surface area contributed by atoms with Crippen LogP contribution >= 0.6 is 0 Å². The largest absolute Gasteiger partial charge is 0.496 e. The molecule has 1 aliphatic heterocycles. The van der Waals surface area contributed by atoms with Crippen molar-refractivity contribution < 1.29 is 8.95 Å². The van der Waals surface area contributed by atoms with Crippen molar-refractivity contribution >= 4 is 22.2 Å². The maximum absolute atomic E-state index is 13.2. The monoisotopic (exact) mass is 436 g/mol. The fourth-order valence-electron chi connectivity index (χ4n) is 4.04. The quantitative estimate of drug-likeness (QED) is 0.496. The number of methoxy groups -OCH3 is 1. The van der Waals surface area contributed by atoms with Crippen LogP contribution in [0.2, 0.25) is 0 Å². The second kappa shape index (κ2) is 9.67. The van der Waals surface area contributed by atoms with Gasteiger partial charge < -0.3 is 14.5 Å². The number of hydrogen-bond donors (Lipinski definition) is 0. The minimum absolute atomic E-state index is 0.